The number of alkyl halides is 3. The molecular weight excluding hydrogens is 540 g/mol. The van der Waals surface area contributed by atoms with E-state index in [9.17, 15) is 27.5 Å². The molecule has 0 aliphatic carbocycles. The van der Waals surface area contributed by atoms with Gasteiger partial charge in [0.1, 0.15) is 23.8 Å². The van der Waals surface area contributed by atoms with Crippen molar-refractivity contribution in [3.63, 3.8) is 0 Å². The summed E-state index contributed by atoms with van der Waals surface area (Å²) in [5.41, 5.74) is -0.783. The Labute approximate surface area is 223 Å². The highest BCUT2D eigenvalue weighted by molar-refractivity contribution is 7.16. The highest BCUT2D eigenvalue weighted by atomic mass is 32.1. The molecule has 0 spiro atoms. The fourth-order valence-electron chi connectivity index (χ4n) is 3.46. The summed E-state index contributed by atoms with van der Waals surface area (Å²) >= 11 is 1.01. The predicted molar refractivity (Wildman–Crippen MR) is 139 cm³/mol. The van der Waals surface area contributed by atoms with Gasteiger partial charge in [-0.05, 0) is 43.3 Å². The van der Waals surface area contributed by atoms with Crippen LogP contribution in [0.4, 0.5) is 40.0 Å². The Kier molecular flexibility index (Phi) is 8.38. The molecule has 4 rings (SSSR count). The van der Waals surface area contributed by atoms with E-state index in [4.69, 9.17) is 5.11 Å². The molecule has 14 heteroatoms. The Hall–Kier alpha value is -4.14. The summed E-state index contributed by atoms with van der Waals surface area (Å²) in [5, 5.41) is 27.0. The molecule has 4 aromatic rings. The molecule has 0 saturated carbocycles. The van der Waals surface area contributed by atoms with Gasteiger partial charge in [-0.1, -0.05) is 6.07 Å². The van der Waals surface area contributed by atoms with Crippen molar-refractivity contribution in [2.75, 3.05) is 29.1 Å². The van der Waals surface area contributed by atoms with Crippen molar-refractivity contribution in [2.45, 2.75) is 19.2 Å². The average molecular weight is 563 g/mol. The van der Waals surface area contributed by atoms with Crippen LogP contribution in [0.25, 0.3) is 11.3 Å². The first-order valence-electron chi connectivity index (χ1n) is 11.4. The maximum atomic E-state index is 14.6. The number of rotatable bonds is 9. The smallest absolute Gasteiger partial charge is 0.394 e. The molecule has 2 aromatic heterocycles. The zero-order chi connectivity index (χ0) is 28.2. The molecule has 0 radical (unpaired) electrons. The third kappa shape index (κ3) is 6.85. The number of thiazole rings is 1. The molecule has 1 unspecified atom stereocenters. The van der Waals surface area contributed by atoms with E-state index in [0.29, 0.717) is 28.3 Å². The van der Waals surface area contributed by atoms with Gasteiger partial charge in [-0.25, -0.2) is 19.3 Å². The van der Waals surface area contributed by atoms with Crippen molar-refractivity contribution in [2.24, 2.45) is 0 Å². The largest absolute Gasteiger partial charge is 0.419 e. The van der Waals surface area contributed by atoms with E-state index >= 15 is 0 Å². The molecule has 0 bridgehead atoms. The molecule has 9 nitrogen and oxygen atoms in total. The first kappa shape index (κ1) is 27.9. The van der Waals surface area contributed by atoms with Crippen molar-refractivity contribution in [3.8, 4) is 11.3 Å². The van der Waals surface area contributed by atoms with Crippen LogP contribution in [0.5, 0.6) is 0 Å². The molecule has 0 aliphatic rings. The number of carbonyl (C=O) groups excluding carboxylic acids is 1. The van der Waals surface area contributed by atoms with Crippen LogP contribution in [-0.2, 0) is 6.18 Å². The van der Waals surface area contributed by atoms with E-state index in [1.54, 1.807) is 37.3 Å². The highest BCUT2D eigenvalue weighted by Gasteiger charge is 2.35. The van der Waals surface area contributed by atoms with Crippen LogP contribution in [0, 0.1) is 12.7 Å². The maximum absolute atomic E-state index is 14.6. The maximum Gasteiger partial charge on any atom is 0.419 e. The van der Waals surface area contributed by atoms with Gasteiger partial charge in [0.25, 0.3) is 5.91 Å². The SMILES string of the molecule is Cc1sc(NC(=O)c2ccc(Nc3cc(NCC(O)CO)ncn3)cc2)nc1-c1cccc(C(F)(F)F)c1F. The minimum Gasteiger partial charge on any atom is -0.394 e. The van der Waals surface area contributed by atoms with Crippen molar-refractivity contribution >= 4 is 39.7 Å². The number of carbonyl (C=O) groups is 1. The number of halogens is 4. The van der Waals surface area contributed by atoms with Gasteiger partial charge in [0.15, 0.2) is 5.13 Å². The van der Waals surface area contributed by atoms with Crippen molar-refractivity contribution < 1.29 is 32.6 Å². The summed E-state index contributed by atoms with van der Waals surface area (Å²) in [5.74, 6) is -1.06. The van der Waals surface area contributed by atoms with Crippen molar-refractivity contribution in [1.29, 1.82) is 0 Å². The number of anilines is 4. The molecule has 2 heterocycles. The number of nitrogens with zero attached hydrogens (tertiary/aromatic N) is 3. The van der Waals surface area contributed by atoms with Crippen molar-refractivity contribution in [3.05, 3.63) is 76.7 Å². The van der Waals surface area contributed by atoms with E-state index in [0.717, 1.165) is 17.4 Å². The van der Waals surface area contributed by atoms with Gasteiger partial charge in [0.2, 0.25) is 0 Å². The third-order valence-electron chi connectivity index (χ3n) is 5.39. The van der Waals surface area contributed by atoms with E-state index in [-0.39, 0.29) is 35.1 Å². The molecule has 0 aliphatic heterocycles. The first-order chi connectivity index (χ1) is 18.5. The highest BCUT2D eigenvalue weighted by Crippen LogP contribution is 2.38. The van der Waals surface area contributed by atoms with Gasteiger partial charge in [-0.3, -0.25) is 10.1 Å². The normalized spacial score (nSPS) is 12.2. The summed E-state index contributed by atoms with van der Waals surface area (Å²) in [4.78, 5) is 25.5. The molecule has 204 valence electrons. The Bertz CT molecular complexity index is 1460. The second-order valence-corrected chi connectivity index (χ2v) is 9.45. The van der Waals surface area contributed by atoms with Gasteiger partial charge in [-0.2, -0.15) is 13.2 Å². The molecule has 2 aromatic carbocycles. The van der Waals surface area contributed by atoms with Crippen molar-refractivity contribution in [1.82, 2.24) is 15.0 Å². The van der Waals surface area contributed by atoms with E-state index in [1.807, 2.05) is 0 Å². The van der Waals surface area contributed by atoms with Gasteiger partial charge in [-0.15, -0.1) is 11.3 Å². The summed E-state index contributed by atoms with van der Waals surface area (Å²) in [6, 6.07) is 10.9. The minimum absolute atomic E-state index is 0.0167. The molecular formula is C25H22F4N6O3S. The number of hydrogen-bond donors (Lipinski definition) is 5. The molecule has 0 fully saturated rings. The first-order valence-corrected chi connectivity index (χ1v) is 12.2. The zero-order valence-corrected chi connectivity index (χ0v) is 21.1. The topological polar surface area (TPSA) is 132 Å². The van der Waals surface area contributed by atoms with Crippen LogP contribution in [0.3, 0.4) is 0 Å². The number of amides is 1. The predicted octanol–water partition coefficient (Wildman–Crippen LogP) is 4.83. The van der Waals surface area contributed by atoms with Crippen LogP contribution < -0.4 is 16.0 Å². The monoisotopic (exact) mass is 562 g/mol. The third-order valence-corrected chi connectivity index (χ3v) is 6.28. The van der Waals surface area contributed by atoms with Gasteiger partial charge < -0.3 is 20.8 Å². The lowest BCUT2D eigenvalue weighted by atomic mass is 10.1. The summed E-state index contributed by atoms with van der Waals surface area (Å²) in [6.07, 6.45) is -4.47. The Morgan fingerprint density at radius 1 is 1.10 bits per heavy atom. The lowest BCUT2D eigenvalue weighted by Crippen LogP contribution is -2.23. The van der Waals surface area contributed by atoms with E-state index < -0.39 is 29.6 Å². The minimum atomic E-state index is -4.85. The summed E-state index contributed by atoms with van der Waals surface area (Å²) in [7, 11) is 0. The Morgan fingerprint density at radius 3 is 2.51 bits per heavy atom. The van der Waals surface area contributed by atoms with Gasteiger partial charge >= 0.3 is 6.18 Å². The van der Waals surface area contributed by atoms with Crippen LogP contribution in [0.2, 0.25) is 0 Å². The fraction of sp³-hybridized carbons (Fsp3) is 0.200. The lowest BCUT2D eigenvalue weighted by Gasteiger charge is -2.11. The molecule has 1 atom stereocenters. The molecule has 0 saturated heterocycles. The number of aliphatic hydroxyl groups is 2. The second kappa shape index (κ2) is 11.7. The van der Waals surface area contributed by atoms with Gasteiger partial charge in [0.05, 0.1) is 24.0 Å². The Morgan fingerprint density at radius 2 is 1.82 bits per heavy atom. The standard InChI is InChI=1S/C25H22F4N6O3S/c1-13-22(17-3-2-4-18(21(17)26)25(27,28)29)34-24(39-13)35-23(38)14-5-7-15(8-6-14)33-20-9-19(31-12-32-20)30-10-16(37)11-36/h2-9,12,16,36-37H,10-11H2,1H3,(H,34,35,38)(H2,30,31,32,33). The lowest BCUT2D eigenvalue weighted by molar-refractivity contribution is -0.139. The number of nitrogens with one attached hydrogen (secondary N) is 3. The quantitative estimate of drug-likeness (QED) is 0.183. The van der Waals surface area contributed by atoms with Gasteiger partial charge in [0, 0.05) is 34.3 Å². The van der Waals surface area contributed by atoms with Crippen LogP contribution >= 0.6 is 11.3 Å². The van der Waals surface area contributed by atoms with E-state index in [1.165, 1.54) is 12.4 Å². The number of aromatic nitrogens is 3. The van der Waals surface area contributed by atoms with Crippen LogP contribution in [0.1, 0.15) is 20.8 Å². The number of benzene rings is 2. The molecule has 39 heavy (non-hydrogen) atoms. The number of hydrogen-bond acceptors (Lipinski definition) is 9. The van der Waals surface area contributed by atoms with Crippen LogP contribution in [-0.4, -0.2) is 50.3 Å². The molecule has 5 N–H and O–H groups in total. The summed E-state index contributed by atoms with van der Waals surface area (Å²) in [6.45, 7) is 1.29. The Balaban J connectivity index is 1.43. The zero-order valence-electron chi connectivity index (χ0n) is 20.3. The number of aliphatic hydroxyl groups excluding tert-OH is 2. The molecule has 1 amide bonds. The van der Waals surface area contributed by atoms with E-state index in [2.05, 4.69) is 30.9 Å². The fourth-order valence-corrected chi connectivity index (χ4v) is 4.29. The summed E-state index contributed by atoms with van der Waals surface area (Å²) < 4.78 is 53.9. The average Bonchev–Trinajstić information content (AvgIpc) is 3.26. The second-order valence-electron chi connectivity index (χ2n) is 8.25. The van der Waals surface area contributed by atoms with Crippen LogP contribution in [0.15, 0.2) is 54.9 Å². The number of aryl methyl sites for hydroxylation is 1.